The molecule has 0 amide bonds. The van der Waals surface area contributed by atoms with Gasteiger partial charge in [0.25, 0.3) is 0 Å². The predicted molar refractivity (Wildman–Crippen MR) is 59.6 cm³/mol. The Morgan fingerprint density at radius 1 is 1.07 bits per heavy atom. The highest BCUT2D eigenvalue weighted by atomic mass is 16.5. The minimum absolute atomic E-state index is 0.110. The molecule has 0 atom stereocenters. The summed E-state index contributed by atoms with van der Waals surface area (Å²) in [6.45, 7) is 2.36. The quantitative estimate of drug-likeness (QED) is 0.319. The zero-order valence-electron chi connectivity index (χ0n) is 9.67. The molecule has 0 aliphatic heterocycles. The number of unbranched alkanes of at least 4 members (excludes halogenated alkanes) is 6. The molecule has 0 saturated carbocycles. The number of hydrogen-bond donors (Lipinski definition) is 0. The van der Waals surface area contributed by atoms with Gasteiger partial charge in [-0.1, -0.05) is 32.6 Å². The molecule has 0 unspecified atom stereocenters. The summed E-state index contributed by atoms with van der Waals surface area (Å²) in [5, 5.41) is 0. The number of esters is 1. The van der Waals surface area contributed by atoms with E-state index in [1.807, 2.05) is 0 Å². The second kappa shape index (κ2) is 11.2. The molecule has 0 spiro atoms. The lowest BCUT2D eigenvalue weighted by atomic mass is 10.1. The number of ether oxygens (including phenoxy) is 1. The Morgan fingerprint density at radius 2 is 1.67 bits per heavy atom. The summed E-state index contributed by atoms with van der Waals surface area (Å²) in [6.07, 6.45) is 8.68. The number of aldehydes is 1. The molecule has 0 aromatic heterocycles. The fraction of sp³-hybridized carbons (Fsp3) is 0.833. The Labute approximate surface area is 92.2 Å². The molecular formula is C12H22O3. The first kappa shape index (κ1) is 14.1. The van der Waals surface area contributed by atoms with E-state index in [0.29, 0.717) is 19.4 Å². The van der Waals surface area contributed by atoms with Gasteiger partial charge in [-0.3, -0.25) is 4.79 Å². The van der Waals surface area contributed by atoms with Crippen LogP contribution >= 0.6 is 0 Å². The minimum atomic E-state index is -0.110. The summed E-state index contributed by atoms with van der Waals surface area (Å²) < 4.78 is 4.95. The molecule has 0 radical (unpaired) electrons. The van der Waals surface area contributed by atoms with E-state index in [-0.39, 0.29) is 5.97 Å². The SMILES string of the molecule is CCC(=O)OCCCCCCCCC=O. The van der Waals surface area contributed by atoms with Crippen molar-refractivity contribution in [3.05, 3.63) is 0 Å². The fourth-order valence-corrected chi connectivity index (χ4v) is 1.32. The molecule has 88 valence electrons. The second-order valence-electron chi connectivity index (χ2n) is 3.65. The first-order valence-corrected chi connectivity index (χ1v) is 5.90. The van der Waals surface area contributed by atoms with Crippen LogP contribution in [0.3, 0.4) is 0 Å². The van der Waals surface area contributed by atoms with Gasteiger partial charge in [0.15, 0.2) is 0 Å². The van der Waals surface area contributed by atoms with Crippen molar-refractivity contribution in [2.45, 2.75) is 58.3 Å². The number of carbonyl (C=O) groups excluding carboxylic acids is 2. The van der Waals surface area contributed by atoms with Crippen LogP contribution < -0.4 is 0 Å². The molecule has 0 rings (SSSR count). The molecular weight excluding hydrogens is 192 g/mol. The van der Waals surface area contributed by atoms with Crippen LogP contribution in [0.25, 0.3) is 0 Å². The normalized spacial score (nSPS) is 9.93. The van der Waals surface area contributed by atoms with Crippen molar-refractivity contribution >= 4 is 12.3 Å². The van der Waals surface area contributed by atoms with E-state index in [9.17, 15) is 9.59 Å². The van der Waals surface area contributed by atoms with Crippen molar-refractivity contribution in [2.75, 3.05) is 6.61 Å². The maximum Gasteiger partial charge on any atom is 0.305 e. The van der Waals surface area contributed by atoms with Crippen LogP contribution in [0.15, 0.2) is 0 Å². The van der Waals surface area contributed by atoms with E-state index < -0.39 is 0 Å². The molecule has 0 saturated heterocycles. The highest BCUT2D eigenvalue weighted by molar-refractivity contribution is 5.68. The molecule has 0 aliphatic carbocycles. The van der Waals surface area contributed by atoms with E-state index >= 15 is 0 Å². The van der Waals surface area contributed by atoms with Crippen molar-refractivity contribution in [2.24, 2.45) is 0 Å². The Kier molecular flexibility index (Phi) is 10.6. The van der Waals surface area contributed by atoms with Gasteiger partial charge in [-0.2, -0.15) is 0 Å². The maximum absolute atomic E-state index is 10.8. The third kappa shape index (κ3) is 11.1. The molecule has 15 heavy (non-hydrogen) atoms. The third-order valence-corrected chi connectivity index (χ3v) is 2.27. The number of carbonyl (C=O) groups is 2. The van der Waals surface area contributed by atoms with E-state index in [1.54, 1.807) is 6.92 Å². The average molecular weight is 214 g/mol. The van der Waals surface area contributed by atoms with Crippen LogP contribution in [-0.2, 0) is 14.3 Å². The van der Waals surface area contributed by atoms with E-state index in [1.165, 1.54) is 12.8 Å². The van der Waals surface area contributed by atoms with Gasteiger partial charge in [0.2, 0.25) is 0 Å². The molecule has 3 heteroatoms. The molecule has 0 aromatic carbocycles. The van der Waals surface area contributed by atoms with E-state index in [0.717, 1.165) is 32.0 Å². The molecule has 0 N–H and O–H groups in total. The van der Waals surface area contributed by atoms with Crippen molar-refractivity contribution in [1.29, 1.82) is 0 Å². The number of hydrogen-bond acceptors (Lipinski definition) is 3. The Morgan fingerprint density at radius 3 is 2.27 bits per heavy atom. The Balaban J connectivity index is 2.98. The molecule has 0 aromatic rings. The lowest BCUT2D eigenvalue weighted by Crippen LogP contribution is -2.03. The van der Waals surface area contributed by atoms with E-state index in [2.05, 4.69) is 0 Å². The zero-order chi connectivity index (χ0) is 11.4. The van der Waals surface area contributed by atoms with Gasteiger partial charge < -0.3 is 9.53 Å². The summed E-state index contributed by atoms with van der Waals surface area (Å²) in [7, 11) is 0. The Hall–Kier alpha value is -0.860. The minimum Gasteiger partial charge on any atom is -0.466 e. The first-order valence-electron chi connectivity index (χ1n) is 5.90. The van der Waals surface area contributed by atoms with Crippen LogP contribution in [0.5, 0.6) is 0 Å². The lowest BCUT2D eigenvalue weighted by Gasteiger charge is -2.02. The second-order valence-corrected chi connectivity index (χ2v) is 3.65. The van der Waals surface area contributed by atoms with Crippen molar-refractivity contribution in [3.8, 4) is 0 Å². The predicted octanol–water partition coefficient (Wildman–Crippen LogP) is 2.87. The molecule has 0 fully saturated rings. The summed E-state index contributed by atoms with van der Waals surface area (Å²) in [5.74, 6) is -0.110. The lowest BCUT2D eigenvalue weighted by molar-refractivity contribution is -0.143. The van der Waals surface area contributed by atoms with Gasteiger partial charge in [-0.05, 0) is 12.8 Å². The average Bonchev–Trinajstić information content (AvgIpc) is 2.26. The van der Waals surface area contributed by atoms with Gasteiger partial charge in [0.05, 0.1) is 6.61 Å². The standard InChI is InChI=1S/C12H22O3/c1-2-12(14)15-11-9-7-5-3-4-6-8-10-13/h10H,2-9,11H2,1H3. The summed E-state index contributed by atoms with van der Waals surface area (Å²) in [5.41, 5.74) is 0. The fourth-order valence-electron chi connectivity index (χ4n) is 1.32. The van der Waals surface area contributed by atoms with Gasteiger partial charge in [-0.15, -0.1) is 0 Å². The maximum atomic E-state index is 10.8. The Bertz CT molecular complexity index is 166. The number of rotatable bonds is 10. The highest BCUT2D eigenvalue weighted by Crippen LogP contribution is 2.06. The third-order valence-electron chi connectivity index (χ3n) is 2.27. The highest BCUT2D eigenvalue weighted by Gasteiger charge is 1.97. The zero-order valence-corrected chi connectivity index (χ0v) is 9.67. The van der Waals surface area contributed by atoms with Crippen LogP contribution in [0.2, 0.25) is 0 Å². The van der Waals surface area contributed by atoms with Crippen molar-refractivity contribution < 1.29 is 14.3 Å². The summed E-state index contributed by atoms with van der Waals surface area (Å²) >= 11 is 0. The molecule has 0 heterocycles. The van der Waals surface area contributed by atoms with Crippen LogP contribution in [-0.4, -0.2) is 18.9 Å². The smallest absolute Gasteiger partial charge is 0.305 e. The van der Waals surface area contributed by atoms with Crippen LogP contribution in [0.1, 0.15) is 58.3 Å². The molecule has 3 nitrogen and oxygen atoms in total. The molecule has 0 aliphatic rings. The molecule has 0 bridgehead atoms. The van der Waals surface area contributed by atoms with Gasteiger partial charge in [-0.25, -0.2) is 0 Å². The van der Waals surface area contributed by atoms with Gasteiger partial charge >= 0.3 is 5.97 Å². The monoisotopic (exact) mass is 214 g/mol. The van der Waals surface area contributed by atoms with Crippen LogP contribution in [0, 0.1) is 0 Å². The largest absolute Gasteiger partial charge is 0.466 e. The topological polar surface area (TPSA) is 43.4 Å². The summed E-state index contributed by atoms with van der Waals surface area (Å²) in [4.78, 5) is 20.8. The van der Waals surface area contributed by atoms with E-state index in [4.69, 9.17) is 4.74 Å². The van der Waals surface area contributed by atoms with Gasteiger partial charge in [0, 0.05) is 12.8 Å². The first-order chi connectivity index (χ1) is 7.31. The summed E-state index contributed by atoms with van der Waals surface area (Å²) in [6, 6.07) is 0. The van der Waals surface area contributed by atoms with Crippen molar-refractivity contribution in [1.82, 2.24) is 0 Å². The van der Waals surface area contributed by atoms with Crippen LogP contribution in [0.4, 0.5) is 0 Å². The van der Waals surface area contributed by atoms with Crippen molar-refractivity contribution in [3.63, 3.8) is 0 Å². The van der Waals surface area contributed by atoms with Gasteiger partial charge in [0.1, 0.15) is 6.29 Å².